The van der Waals surface area contributed by atoms with Crippen molar-refractivity contribution in [2.45, 2.75) is 12.8 Å². The van der Waals surface area contributed by atoms with Crippen LogP contribution in [0.1, 0.15) is 18.4 Å². The van der Waals surface area contributed by atoms with Gasteiger partial charge in [0, 0.05) is 6.54 Å². The molecule has 2 aromatic rings. The molecule has 4 N–H and O–H groups in total. The third kappa shape index (κ3) is 3.90. The number of nitrogens with zero attached hydrogens (tertiary/aromatic N) is 2. The Kier molecular flexibility index (Phi) is 4.68. The summed E-state index contributed by atoms with van der Waals surface area (Å²) in [5.41, 5.74) is 3.45. The lowest BCUT2D eigenvalue weighted by atomic mass is 10.0. The predicted molar refractivity (Wildman–Crippen MR) is 82.0 cm³/mol. The van der Waals surface area contributed by atoms with Gasteiger partial charge in [-0.2, -0.15) is 0 Å². The summed E-state index contributed by atoms with van der Waals surface area (Å²) in [6.45, 7) is 2.68. The minimum Gasteiger partial charge on any atom is -0.369 e. The SMILES string of the molecule is CC(CNc1cc([N+](=O)[O-])cc(NN)n1)c1ccccc1. The number of rotatable bonds is 6. The van der Waals surface area contributed by atoms with Gasteiger partial charge in [0.1, 0.15) is 11.6 Å². The largest absolute Gasteiger partial charge is 0.369 e. The van der Waals surface area contributed by atoms with E-state index in [1.807, 2.05) is 30.3 Å². The van der Waals surface area contributed by atoms with Crippen LogP contribution in [0.5, 0.6) is 0 Å². The van der Waals surface area contributed by atoms with E-state index in [9.17, 15) is 10.1 Å². The quantitative estimate of drug-likeness (QED) is 0.428. The summed E-state index contributed by atoms with van der Waals surface area (Å²) in [5.74, 6) is 6.19. The minimum absolute atomic E-state index is 0.0622. The molecular formula is C14H17N5O2. The van der Waals surface area contributed by atoms with E-state index >= 15 is 0 Å². The molecule has 1 heterocycles. The number of pyridine rings is 1. The van der Waals surface area contributed by atoms with Crippen molar-refractivity contribution in [1.29, 1.82) is 0 Å². The molecule has 1 atom stereocenters. The molecule has 0 bridgehead atoms. The van der Waals surface area contributed by atoms with Crippen molar-refractivity contribution in [2.24, 2.45) is 5.84 Å². The number of aromatic nitrogens is 1. The molecule has 0 radical (unpaired) electrons. The van der Waals surface area contributed by atoms with Crippen molar-refractivity contribution in [1.82, 2.24) is 4.98 Å². The normalized spacial score (nSPS) is 11.7. The first kappa shape index (κ1) is 14.7. The van der Waals surface area contributed by atoms with Gasteiger partial charge in [-0.1, -0.05) is 37.3 Å². The lowest BCUT2D eigenvalue weighted by Gasteiger charge is -2.14. The first-order valence-corrected chi connectivity index (χ1v) is 6.52. The van der Waals surface area contributed by atoms with Gasteiger partial charge in [0.25, 0.3) is 5.69 Å². The summed E-state index contributed by atoms with van der Waals surface area (Å²) < 4.78 is 0. The predicted octanol–water partition coefficient (Wildman–Crippen LogP) is 2.49. The monoisotopic (exact) mass is 287 g/mol. The van der Waals surface area contributed by atoms with Gasteiger partial charge in [0.05, 0.1) is 17.1 Å². The average molecular weight is 287 g/mol. The first-order chi connectivity index (χ1) is 10.1. The number of nitrogens with one attached hydrogen (secondary N) is 2. The number of hydrogen-bond acceptors (Lipinski definition) is 6. The Morgan fingerprint density at radius 1 is 1.29 bits per heavy atom. The molecule has 0 saturated carbocycles. The molecule has 2 rings (SSSR count). The molecule has 1 unspecified atom stereocenters. The molecule has 110 valence electrons. The molecule has 0 aliphatic rings. The molecule has 0 saturated heterocycles. The second-order valence-electron chi connectivity index (χ2n) is 4.69. The standard InChI is InChI=1S/C14H17N5O2/c1-10(11-5-3-2-4-6-11)9-16-13-7-12(19(20)21)8-14(17-13)18-15/h2-8,10H,9,15H2,1H3,(H2,16,17,18). The van der Waals surface area contributed by atoms with Gasteiger partial charge in [-0.05, 0) is 11.5 Å². The Balaban J connectivity index is 2.09. The number of nitrogen functional groups attached to an aromatic ring is 1. The zero-order valence-corrected chi connectivity index (χ0v) is 11.6. The number of benzene rings is 1. The fraction of sp³-hybridized carbons (Fsp3) is 0.214. The van der Waals surface area contributed by atoms with Crippen molar-refractivity contribution in [3.63, 3.8) is 0 Å². The molecule has 1 aromatic carbocycles. The Hall–Kier alpha value is -2.67. The molecule has 7 nitrogen and oxygen atoms in total. The van der Waals surface area contributed by atoms with Crippen molar-refractivity contribution in [2.75, 3.05) is 17.3 Å². The molecule has 0 aliphatic carbocycles. The van der Waals surface area contributed by atoms with E-state index in [1.165, 1.54) is 17.7 Å². The van der Waals surface area contributed by atoms with Crippen LogP contribution in [0.4, 0.5) is 17.3 Å². The van der Waals surface area contributed by atoms with Crippen molar-refractivity contribution < 1.29 is 4.92 Å². The molecule has 0 spiro atoms. The van der Waals surface area contributed by atoms with E-state index in [-0.39, 0.29) is 17.4 Å². The van der Waals surface area contributed by atoms with Crippen LogP contribution in [0.25, 0.3) is 0 Å². The van der Waals surface area contributed by atoms with Gasteiger partial charge >= 0.3 is 0 Å². The zero-order valence-electron chi connectivity index (χ0n) is 11.6. The highest BCUT2D eigenvalue weighted by Gasteiger charge is 2.12. The van der Waals surface area contributed by atoms with E-state index in [1.54, 1.807) is 0 Å². The molecule has 21 heavy (non-hydrogen) atoms. The Morgan fingerprint density at radius 2 is 1.95 bits per heavy atom. The number of hydrazine groups is 1. The van der Waals surface area contributed by atoms with Crippen molar-refractivity contribution in [3.8, 4) is 0 Å². The molecule has 1 aromatic heterocycles. The maximum absolute atomic E-state index is 10.9. The third-order valence-corrected chi connectivity index (χ3v) is 3.13. The highest BCUT2D eigenvalue weighted by Crippen LogP contribution is 2.21. The summed E-state index contributed by atoms with van der Waals surface area (Å²) in [7, 11) is 0. The number of anilines is 2. The summed E-state index contributed by atoms with van der Waals surface area (Å²) >= 11 is 0. The minimum atomic E-state index is -0.478. The van der Waals surface area contributed by atoms with Crippen LogP contribution in [-0.2, 0) is 0 Å². The van der Waals surface area contributed by atoms with Gasteiger partial charge in [0.2, 0.25) is 0 Å². The van der Waals surface area contributed by atoms with Gasteiger partial charge < -0.3 is 10.7 Å². The maximum atomic E-state index is 10.9. The highest BCUT2D eigenvalue weighted by atomic mass is 16.6. The molecule has 7 heteroatoms. The van der Waals surface area contributed by atoms with E-state index < -0.39 is 4.92 Å². The Labute approximate surface area is 122 Å². The lowest BCUT2D eigenvalue weighted by molar-refractivity contribution is -0.384. The first-order valence-electron chi connectivity index (χ1n) is 6.52. The number of nitrogens with two attached hydrogens (primary N) is 1. The van der Waals surface area contributed by atoms with E-state index in [4.69, 9.17) is 5.84 Å². The molecule has 0 fully saturated rings. The topological polar surface area (TPSA) is 106 Å². The van der Waals surface area contributed by atoms with E-state index in [0.717, 1.165) is 0 Å². The second-order valence-corrected chi connectivity index (χ2v) is 4.69. The van der Waals surface area contributed by atoms with Crippen LogP contribution in [0.15, 0.2) is 42.5 Å². The highest BCUT2D eigenvalue weighted by molar-refractivity contribution is 5.54. The smallest absolute Gasteiger partial charge is 0.276 e. The van der Waals surface area contributed by atoms with Crippen LogP contribution in [0.2, 0.25) is 0 Å². The molecule has 0 aliphatic heterocycles. The van der Waals surface area contributed by atoms with E-state index in [0.29, 0.717) is 12.4 Å². The van der Waals surface area contributed by atoms with Crippen LogP contribution < -0.4 is 16.6 Å². The van der Waals surface area contributed by atoms with Crippen molar-refractivity contribution >= 4 is 17.3 Å². The Morgan fingerprint density at radius 3 is 2.57 bits per heavy atom. The van der Waals surface area contributed by atoms with Gasteiger partial charge in [-0.15, -0.1) is 0 Å². The van der Waals surface area contributed by atoms with Crippen LogP contribution in [0, 0.1) is 10.1 Å². The summed E-state index contributed by atoms with van der Waals surface area (Å²) in [6.07, 6.45) is 0. The van der Waals surface area contributed by atoms with Gasteiger partial charge in [-0.3, -0.25) is 10.1 Å². The average Bonchev–Trinajstić information content (AvgIpc) is 2.53. The lowest BCUT2D eigenvalue weighted by Crippen LogP contribution is -2.13. The Bertz CT molecular complexity index is 618. The fourth-order valence-electron chi connectivity index (χ4n) is 1.94. The van der Waals surface area contributed by atoms with Crippen LogP contribution in [-0.4, -0.2) is 16.5 Å². The second kappa shape index (κ2) is 6.67. The maximum Gasteiger partial charge on any atom is 0.276 e. The van der Waals surface area contributed by atoms with Gasteiger partial charge in [-0.25, -0.2) is 10.8 Å². The van der Waals surface area contributed by atoms with Crippen LogP contribution >= 0.6 is 0 Å². The summed E-state index contributed by atoms with van der Waals surface area (Å²) in [5, 5.41) is 14.0. The van der Waals surface area contributed by atoms with Crippen molar-refractivity contribution in [3.05, 3.63) is 58.1 Å². The molecule has 0 amide bonds. The summed E-state index contributed by atoms with van der Waals surface area (Å²) in [6, 6.07) is 12.7. The number of nitro groups is 1. The van der Waals surface area contributed by atoms with E-state index in [2.05, 4.69) is 22.7 Å². The number of hydrogen-bond donors (Lipinski definition) is 3. The van der Waals surface area contributed by atoms with Gasteiger partial charge in [0.15, 0.2) is 0 Å². The summed E-state index contributed by atoms with van der Waals surface area (Å²) in [4.78, 5) is 14.5. The van der Waals surface area contributed by atoms with Crippen LogP contribution in [0.3, 0.4) is 0 Å². The third-order valence-electron chi connectivity index (χ3n) is 3.13. The molecular weight excluding hydrogens is 270 g/mol. The fourth-order valence-corrected chi connectivity index (χ4v) is 1.94. The zero-order chi connectivity index (χ0) is 15.2.